The van der Waals surface area contributed by atoms with Crippen molar-refractivity contribution in [1.29, 1.82) is 0 Å². The normalized spacial score (nSPS) is 19.2. The van der Waals surface area contributed by atoms with Gasteiger partial charge in [-0.25, -0.2) is 0 Å². The van der Waals surface area contributed by atoms with Crippen LogP contribution >= 0.6 is 0 Å². The molecular weight excluding hydrogens is 294 g/mol. The van der Waals surface area contributed by atoms with Crippen molar-refractivity contribution in [2.45, 2.75) is 51.6 Å². The molecule has 1 N–H and O–H groups in total. The Bertz CT molecular complexity index is 652. The van der Waals surface area contributed by atoms with E-state index in [1.54, 1.807) is 0 Å². The summed E-state index contributed by atoms with van der Waals surface area (Å²) in [5, 5.41) is 3.64. The quantitative estimate of drug-likeness (QED) is 0.701. The number of aryl methyl sites for hydroxylation is 1. The highest BCUT2D eigenvalue weighted by atomic mass is 16.5. The smallest absolute Gasteiger partial charge is 0.120 e. The first-order chi connectivity index (χ1) is 11.8. The summed E-state index contributed by atoms with van der Waals surface area (Å²) in [6.45, 7) is 7.38. The van der Waals surface area contributed by atoms with Crippen LogP contribution in [0, 0.1) is 0 Å². The molecular formula is C22H29NO. The second-order valence-corrected chi connectivity index (χ2v) is 6.90. The minimum Gasteiger partial charge on any atom is -0.489 e. The molecule has 1 unspecified atom stereocenters. The molecule has 0 amide bonds. The molecule has 2 nitrogen and oxygen atoms in total. The molecule has 0 saturated heterocycles. The lowest BCUT2D eigenvalue weighted by Crippen LogP contribution is -2.36. The number of nitrogens with one attached hydrogen (secondary N) is 1. The van der Waals surface area contributed by atoms with Crippen LogP contribution in [0.2, 0.25) is 0 Å². The van der Waals surface area contributed by atoms with E-state index in [4.69, 9.17) is 4.74 Å². The molecule has 0 spiro atoms. The SMILES string of the molecule is CCCNCC1(CC)CCc2cc(OCc3ccccc3)ccc21. The first-order valence-corrected chi connectivity index (χ1v) is 9.28. The summed E-state index contributed by atoms with van der Waals surface area (Å²) in [7, 11) is 0. The van der Waals surface area contributed by atoms with Gasteiger partial charge in [0.25, 0.3) is 0 Å². The zero-order valence-corrected chi connectivity index (χ0v) is 15.0. The first-order valence-electron chi connectivity index (χ1n) is 9.28. The molecule has 1 atom stereocenters. The molecule has 0 aromatic heterocycles. The Labute approximate surface area is 146 Å². The summed E-state index contributed by atoms with van der Waals surface area (Å²) >= 11 is 0. The molecule has 2 aromatic rings. The Morgan fingerprint density at radius 1 is 1.08 bits per heavy atom. The second kappa shape index (κ2) is 7.85. The molecule has 2 aromatic carbocycles. The summed E-state index contributed by atoms with van der Waals surface area (Å²) in [6.07, 6.45) is 4.80. The molecule has 0 saturated carbocycles. The van der Waals surface area contributed by atoms with E-state index >= 15 is 0 Å². The van der Waals surface area contributed by atoms with E-state index in [0.717, 1.165) is 18.8 Å². The minimum atomic E-state index is 0.308. The van der Waals surface area contributed by atoms with Gasteiger partial charge in [-0.05, 0) is 61.1 Å². The van der Waals surface area contributed by atoms with Gasteiger partial charge in [0.05, 0.1) is 0 Å². The lowest BCUT2D eigenvalue weighted by molar-refractivity contribution is 0.306. The van der Waals surface area contributed by atoms with Crippen molar-refractivity contribution >= 4 is 0 Å². The third kappa shape index (κ3) is 3.64. The number of hydrogen-bond acceptors (Lipinski definition) is 2. The Morgan fingerprint density at radius 3 is 2.67 bits per heavy atom. The molecule has 3 rings (SSSR count). The largest absolute Gasteiger partial charge is 0.489 e. The Morgan fingerprint density at radius 2 is 1.92 bits per heavy atom. The van der Waals surface area contributed by atoms with Gasteiger partial charge in [0.15, 0.2) is 0 Å². The van der Waals surface area contributed by atoms with Crippen molar-refractivity contribution in [3.05, 3.63) is 65.2 Å². The van der Waals surface area contributed by atoms with E-state index in [0.29, 0.717) is 12.0 Å². The zero-order chi connectivity index (χ0) is 16.8. The summed E-state index contributed by atoms with van der Waals surface area (Å²) < 4.78 is 6.00. The Hall–Kier alpha value is -1.80. The molecule has 128 valence electrons. The Kier molecular flexibility index (Phi) is 5.57. The van der Waals surface area contributed by atoms with E-state index in [1.165, 1.54) is 42.4 Å². The van der Waals surface area contributed by atoms with Gasteiger partial charge < -0.3 is 10.1 Å². The van der Waals surface area contributed by atoms with Crippen molar-refractivity contribution in [3.63, 3.8) is 0 Å². The van der Waals surface area contributed by atoms with Crippen molar-refractivity contribution < 1.29 is 4.74 Å². The van der Waals surface area contributed by atoms with E-state index in [2.05, 4.69) is 61.6 Å². The van der Waals surface area contributed by atoms with Crippen LogP contribution in [-0.2, 0) is 18.4 Å². The topological polar surface area (TPSA) is 21.3 Å². The van der Waals surface area contributed by atoms with Crippen LogP contribution in [-0.4, -0.2) is 13.1 Å². The number of benzene rings is 2. The van der Waals surface area contributed by atoms with Crippen LogP contribution in [0.25, 0.3) is 0 Å². The van der Waals surface area contributed by atoms with Gasteiger partial charge in [-0.1, -0.05) is 50.2 Å². The van der Waals surface area contributed by atoms with Gasteiger partial charge in [0.2, 0.25) is 0 Å². The lowest BCUT2D eigenvalue weighted by atomic mass is 9.79. The van der Waals surface area contributed by atoms with Gasteiger partial charge in [0.1, 0.15) is 12.4 Å². The van der Waals surface area contributed by atoms with Crippen LogP contribution in [0.3, 0.4) is 0 Å². The lowest BCUT2D eigenvalue weighted by Gasteiger charge is -2.30. The molecule has 0 fully saturated rings. The molecule has 0 aliphatic heterocycles. The van der Waals surface area contributed by atoms with Crippen LogP contribution < -0.4 is 10.1 Å². The van der Waals surface area contributed by atoms with Gasteiger partial charge >= 0.3 is 0 Å². The predicted molar refractivity (Wildman–Crippen MR) is 101 cm³/mol. The van der Waals surface area contributed by atoms with Gasteiger partial charge in [-0.15, -0.1) is 0 Å². The van der Waals surface area contributed by atoms with Crippen molar-refractivity contribution in [1.82, 2.24) is 5.32 Å². The Balaban J connectivity index is 1.70. The fourth-order valence-electron chi connectivity index (χ4n) is 3.81. The highest BCUT2D eigenvalue weighted by molar-refractivity contribution is 5.44. The minimum absolute atomic E-state index is 0.308. The zero-order valence-electron chi connectivity index (χ0n) is 15.0. The van der Waals surface area contributed by atoms with Crippen LogP contribution in [0.1, 0.15) is 49.8 Å². The summed E-state index contributed by atoms with van der Waals surface area (Å²) in [6, 6.07) is 17.1. The molecule has 0 heterocycles. The van der Waals surface area contributed by atoms with E-state index in [-0.39, 0.29) is 0 Å². The van der Waals surface area contributed by atoms with Crippen molar-refractivity contribution in [2.75, 3.05) is 13.1 Å². The maximum atomic E-state index is 6.00. The fraction of sp³-hybridized carbons (Fsp3) is 0.455. The van der Waals surface area contributed by atoms with E-state index in [1.807, 2.05) is 6.07 Å². The van der Waals surface area contributed by atoms with E-state index < -0.39 is 0 Å². The molecule has 1 aliphatic carbocycles. The number of rotatable bonds is 8. The molecule has 0 bridgehead atoms. The second-order valence-electron chi connectivity index (χ2n) is 6.90. The van der Waals surface area contributed by atoms with Gasteiger partial charge in [-0.3, -0.25) is 0 Å². The fourth-order valence-corrected chi connectivity index (χ4v) is 3.81. The monoisotopic (exact) mass is 323 g/mol. The average Bonchev–Trinajstić information content (AvgIpc) is 3.00. The van der Waals surface area contributed by atoms with Crippen molar-refractivity contribution in [2.24, 2.45) is 0 Å². The average molecular weight is 323 g/mol. The molecule has 0 radical (unpaired) electrons. The van der Waals surface area contributed by atoms with Crippen LogP contribution in [0.5, 0.6) is 5.75 Å². The third-order valence-corrected chi connectivity index (χ3v) is 5.34. The maximum Gasteiger partial charge on any atom is 0.120 e. The van der Waals surface area contributed by atoms with Gasteiger partial charge in [0, 0.05) is 12.0 Å². The number of fused-ring (bicyclic) bond motifs is 1. The van der Waals surface area contributed by atoms with Crippen LogP contribution in [0.15, 0.2) is 48.5 Å². The molecule has 24 heavy (non-hydrogen) atoms. The maximum absolute atomic E-state index is 6.00. The molecule has 1 aliphatic rings. The molecule has 2 heteroatoms. The number of ether oxygens (including phenoxy) is 1. The summed E-state index contributed by atoms with van der Waals surface area (Å²) in [5.74, 6) is 0.992. The first kappa shape index (κ1) is 17.0. The third-order valence-electron chi connectivity index (χ3n) is 5.34. The summed E-state index contributed by atoms with van der Waals surface area (Å²) in [5.41, 5.74) is 4.52. The highest BCUT2D eigenvalue weighted by Crippen LogP contribution is 2.42. The highest BCUT2D eigenvalue weighted by Gasteiger charge is 2.36. The van der Waals surface area contributed by atoms with Gasteiger partial charge in [-0.2, -0.15) is 0 Å². The number of hydrogen-bond donors (Lipinski definition) is 1. The standard InChI is InChI=1S/C22H29NO/c1-3-14-23-17-22(4-2)13-12-19-15-20(10-11-21(19)22)24-16-18-8-6-5-7-9-18/h5-11,15,23H,3-4,12-14,16-17H2,1-2H3. The van der Waals surface area contributed by atoms with Crippen LogP contribution in [0.4, 0.5) is 0 Å². The van der Waals surface area contributed by atoms with E-state index in [9.17, 15) is 0 Å². The predicted octanol–water partition coefficient (Wildman–Crippen LogP) is 4.86. The van der Waals surface area contributed by atoms with Crippen molar-refractivity contribution in [3.8, 4) is 5.75 Å². The summed E-state index contributed by atoms with van der Waals surface area (Å²) in [4.78, 5) is 0.